The number of aromatic hydroxyl groups is 1. The maximum absolute atomic E-state index is 12.8. The Labute approximate surface area is 82.5 Å². The normalized spacial score (nSPS) is 12.8. The first-order valence-electron chi connectivity index (χ1n) is 4.51. The molecule has 0 aliphatic heterocycles. The number of hydrogen-bond acceptors (Lipinski definition) is 3. The average molecular weight is 199 g/mol. The van der Waals surface area contributed by atoms with Crippen molar-refractivity contribution >= 4 is 0 Å². The highest BCUT2D eigenvalue weighted by atomic mass is 19.1. The zero-order valence-corrected chi connectivity index (χ0v) is 8.25. The van der Waals surface area contributed by atoms with E-state index < -0.39 is 0 Å². The van der Waals surface area contributed by atoms with E-state index in [2.05, 4.69) is 5.48 Å². The van der Waals surface area contributed by atoms with Crippen molar-refractivity contribution in [1.82, 2.24) is 5.48 Å². The Hall–Kier alpha value is -1.13. The summed E-state index contributed by atoms with van der Waals surface area (Å²) in [6.07, 6.45) is 0. The van der Waals surface area contributed by atoms with Crippen molar-refractivity contribution in [2.75, 3.05) is 6.61 Å². The summed E-state index contributed by atoms with van der Waals surface area (Å²) in [7, 11) is 0. The fourth-order valence-electron chi connectivity index (χ4n) is 1.14. The van der Waals surface area contributed by atoms with Crippen molar-refractivity contribution in [2.45, 2.75) is 19.9 Å². The molecule has 1 aromatic rings. The lowest BCUT2D eigenvalue weighted by Crippen LogP contribution is -2.19. The van der Waals surface area contributed by atoms with E-state index in [9.17, 15) is 9.50 Å². The predicted octanol–water partition coefficient (Wildman–Crippen LogP) is 2.13. The first-order valence-corrected chi connectivity index (χ1v) is 4.51. The lowest BCUT2D eigenvalue weighted by molar-refractivity contribution is 0.0279. The van der Waals surface area contributed by atoms with Gasteiger partial charge in [0.1, 0.15) is 11.6 Å². The number of rotatable bonds is 4. The number of benzene rings is 1. The van der Waals surface area contributed by atoms with E-state index in [4.69, 9.17) is 4.84 Å². The van der Waals surface area contributed by atoms with Crippen LogP contribution in [0.5, 0.6) is 5.75 Å². The Morgan fingerprint density at radius 2 is 2.29 bits per heavy atom. The molecule has 0 aliphatic carbocycles. The fourth-order valence-corrected chi connectivity index (χ4v) is 1.14. The van der Waals surface area contributed by atoms with Gasteiger partial charge in [0.25, 0.3) is 0 Å². The number of nitrogens with one attached hydrogen (secondary N) is 1. The molecule has 3 nitrogen and oxygen atoms in total. The molecule has 0 saturated heterocycles. The van der Waals surface area contributed by atoms with Crippen LogP contribution < -0.4 is 5.48 Å². The van der Waals surface area contributed by atoms with Crippen LogP contribution in [0.3, 0.4) is 0 Å². The molecule has 0 radical (unpaired) electrons. The second-order valence-corrected chi connectivity index (χ2v) is 2.98. The second kappa shape index (κ2) is 4.93. The second-order valence-electron chi connectivity index (χ2n) is 2.98. The third-order valence-corrected chi connectivity index (χ3v) is 1.86. The Kier molecular flexibility index (Phi) is 3.85. The van der Waals surface area contributed by atoms with Gasteiger partial charge in [0.05, 0.1) is 12.6 Å². The third kappa shape index (κ3) is 2.68. The van der Waals surface area contributed by atoms with Gasteiger partial charge in [0.2, 0.25) is 0 Å². The number of phenols is 1. The first kappa shape index (κ1) is 10.9. The molecule has 0 heterocycles. The van der Waals surface area contributed by atoms with Gasteiger partial charge >= 0.3 is 0 Å². The van der Waals surface area contributed by atoms with Crippen LogP contribution in [0.15, 0.2) is 18.2 Å². The molecular weight excluding hydrogens is 185 g/mol. The lowest BCUT2D eigenvalue weighted by atomic mass is 10.1. The monoisotopic (exact) mass is 199 g/mol. The van der Waals surface area contributed by atoms with Crippen LogP contribution in [-0.2, 0) is 4.84 Å². The molecule has 0 spiro atoms. The van der Waals surface area contributed by atoms with Crippen LogP contribution in [0, 0.1) is 5.82 Å². The van der Waals surface area contributed by atoms with E-state index in [1.54, 1.807) is 6.92 Å². The van der Waals surface area contributed by atoms with Crippen molar-refractivity contribution in [3.05, 3.63) is 29.6 Å². The number of hydroxylamine groups is 1. The van der Waals surface area contributed by atoms with Gasteiger partial charge in [-0.2, -0.15) is 5.48 Å². The van der Waals surface area contributed by atoms with Crippen LogP contribution >= 0.6 is 0 Å². The van der Waals surface area contributed by atoms with E-state index in [1.807, 2.05) is 6.92 Å². The highest BCUT2D eigenvalue weighted by molar-refractivity contribution is 5.34. The molecular formula is C10H14FNO2. The largest absolute Gasteiger partial charge is 0.508 e. The van der Waals surface area contributed by atoms with Gasteiger partial charge in [0, 0.05) is 5.56 Å². The number of phenolic OH excluding ortho intramolecular Hbond substituents is 1. The summed E-state index contributed by atoms with van der Waals surface area (Å²) >= 11 is 0. The number of hydrogen-bond donors (Lipinski definition) is 2. The molecule has 0 bridgehead atoms. The molecule has 1 rings (SSSR count). The van der Waals surface area contributed by atoms with Crippen molar-refractivity contribution < 1.29 is 14.3 Å². The molecule has 0 saturated carbocycles. The molecule has 2 N–H and O–H groups in total. The van der Waals surface area contributed by atoms with E-state index in [0.29, 0.717) is 12.2 Å². The van der Waals surface area contributed by atoms with Gasteiger partial charge < -0.3 is 9.94 Å². The van der Waals surface area contributed by atoms with Gasteiger partial charge in [-0.15, -0.1) is 0 Å². The van der Waals surface area contributed by atoms with Crippen LogP contribution in [0.1, 0.15) is 25.5 Å². The standard InChI is InChI=1S/C10H14FNO2/c1-3-14-12-7(2)9-6-8(11)4-5-10(9)13/h4-7,12-13H,3H2,1-2H3. The van der Waals surface area contributed by atoms with E-state index in [-0.39, 0.29) is 17.6 Å². The minimum Gasteiger partial charge on any atom is -0.508 e. The summed E-state index contributed by atoms with van der Waals surface area (Å²) in [5.41, 5.74) is 3.17. The van der Waals surface area contributed by atoms with E-state index in [1.165, 1.54) is 18.2 Å². The minimum absolute atomic E-state index is 0.0612. The Morgan fingerprint density at radius 3 is 2.93 bits per heavy atom. The van der Waals surface area contributed by atoms with Crippen molar-refractivity contribution in [2.24, 2.45) is 0 Å². The van der Waals surface area contributed by atoms with Crippen LogP contribution in [0.4, 0.5) is 4.39 Å². The van der Waals surface area contributed by atoms with Gasteiger partial charge in [-0.25, -0.2) is 4.39 Å². The summed E-state index contributed by atoms with van der Waals surface area (Å²) in [6.45, 7) is 4.13. The van der Waals surface area contributed by atoms with Gasteiger partial charge in [-0.05, 0) is 32.0 Å². The zero-order chi connectivity index (χ0) is 10.6. The summed E-state index contributed by atoms with van der Waals surface area (Å²) in [5, 5.41) is 9.44. The van der Waals surface area contributed by atoms with Crippen molar-refractivity contribution in [1.29, 1.82) is 0 Å². The molecule has 1 aromatic carbocycles. The zero-order valence-electron chi connectivity index (χ0n) is 8.25. The van der Waals surface area contributed by atoms with Crippen molar-refractivity contribution in [3.63, 3.8) is 0 Å². The first-order chi connectivity index (χ1) is 6.65. The van der Waals surface area contributed by atoms with Crippen molar-refractivity contribution in [3.8, 4) is 5.75 Å². The lowest BCUT2D eigenvalue weighted by Gasteiger charge is -2.14. The molecule has 14 heavy (non-hydrogen) atoms. The summed E-state index contributed by atoms with van der Waals surface area (Å²) < 4.78 is 12.8. The summed E-state index contributed by atoms with van der Waals surface area (Å²) in [4.78, 5) is 4.96. The topological polar surface area (TPSA) is 41.5 Å². The van der Waals surface area contributed by atoms with E-state index >= 15 is 0 Å². The molecule has 1 atom stereocenters. The number of halogens is 1. The van der Waals surface area contributed by atoms with Gasteiger partial charge in [-0.3, -0.25) is 0 Å². The Bertz CT molecular complexity index is 304. The highest BCUT2D eigenvalue weighted by Crippen LogP contribution is 2.24. The maximum atomic E-state index is 12.8. The van der Waals surface area contributed by atoms with Crippen LogP contribution in [-0.4, -0.2) is 11.7 Å². The minimum atomic E-state index is -0.372. The summed E-state index contributed by atoms with van der Waals surface area (Å²) in [6, 6.07) is 3.58. The fraction of sp³-hybridized carbons (Fsp3) is 0.400. The predicted molar refractivity (Wildman–Crippen MR) is 51.2 cm³/mol. The third-order valence-electron chi connectivity index (χ3n) is 1.86. The van der Waals surface area contributed by atoms with E-state index in [0.717, 1.165) is 0 Å². The summed E-state index contributed by atoms with van der Waals surface area (Å²) in [5.74, 6) is -0.311. The average Bonchev–Trinajstić information content (AvgIpc) is 2.18. The molecule has 0 amide bonds. The smallest absolute Gasteiger partial charge is 0.123 e. The molecule has 0 fully saturated rings. The molecule has 0 aliphatic rings. The van der Waals surface area contributed by atoms with Crippen LogP contribution in [0.2, 0.25) is 0 Å². The van der Waals surface area contributed by atoms with Crippen LogP contribution in [0.25, 0.3) is 0 Å². The maximum Gasteiger partial charge on any atom is 0.123 e. The molecule has 0 aromatic heterocycles. The van der Waals surface area contributed by atoms with Gasteiger partial charge in [-0.1, -0.05) is 0 Å². The SMILES string of the molecule is CCONC(C)c1cc(F)ccc1O. The molecule has 1 unspecified atom stereocenters. The highest BCUT2D eigenvalue weighted by Gasteiger charge is 2.10. The quantitative estimate of drug-likeness (QED) is 0.730. The van der Waals surface area contributed by atoms with Gasteiger partial charge in [0.15, 0.2) is 0 Å². The Morgan fingerprint density at radius 1 is 1.57 bits per heavy atom. The molecule has 78 valence electrons. The Balaban J connectivity index is 2.77. The molecule has 4 heteroatoms.